The Morgan fingerprint density at radius 3 is 2.74 bits per heavy atom. The third-order valence-corrected chi connectivity index (χ3v) is 6.73. The summed E-state index contributed by atoms with van der Waals surface area (Å²) in [4.78, 5) is 24.9. The number of methoxy groups -OCH3 is 2. The maximum absolute atomic E-state index is 11.8. The summed E-state index contributed by atoms with van der Waals surface area (Å²) in [5.41, 5.74) is 1.67. The SMILES string of the molecule is CNC(=O)CC1CN=C(c2cc3cc(Oc4ccc(S)cn4)cc(OC(COC)COC)c3[nH]2)S1. The van der Waals surface area contributed by atoms with Gasteiger partial charge in [0.25, 0.3) is 0 Å². The Bertz CT molecular complexity index is 1190. The van der Waals surface area contributed by atoms with Crippen LogP contribution in [0.2, 0.25) is 0 Å². The fourth-order valence-corrected chi connectivity index (χ4v) is 4.87. The van der Waals surface area contributed by atoms with Crippen LogP contribution in [0.5, 0.6) is 17.4 Å². The molecule has 0 fully saturated rings. The molecule has 1 aromatic carbocycles. The van der Waals surface area contributed by atoms with Crippen LogP contribution in [0.3, 0.4) is 0 Å². The molecule has 9 nitrogen and oxygen atoms in total. The third kappa shape index (κ3) is 6.49. The van der Waals surface area contributed by atoms with Crippen molar-refractivity contribution >= 4 is 46.2 Å². The Hall–Kier alpha value is -2.73. The fraction of sp³-hybridized carbons (Fsp3) is 0.375. The number of hydrogen-bond donors (Lipinski definition) is 3. The standard InChI is InChI=1S/C24H28N4O5S2/c1-25-21(29)9-18-11-27-24(35-18)19-7-14-6-15(33-22-5-4-17(34)10-26-22)8-20(23(14)28-19)32-16(12-30-2)13-31-3/h4-8,10,16,18,28,34H,9,11-13H2,1-3H3,(H,25,29). The molecule has 35 heavy (non-hydrogen) atoms. The van der Waals surface area contributed by atoms with Crippen LogP contribution in [0, 0.1) is 0 Å². The molecule has 1 amide bonds. The predicted octanol–water partition coefficient (Wildman–Crippen LogP) is 3.68. The number of amides is 1. The largest absolute Gasteiger partial charge is 0.483 e. The summed E-state index contributed by atoms with van der Waals surface area (Å²) in [5.74, 6) is 1.63. The molecule has 4 rings (SSSR count). The molecule has 1 unspecified atom stereocenters. The highest BCUT2D eigenvalue weighted by Crippen LogP contribution is 2.36. The minimum Gasteiger partial charge on any atom is -0.483 e. The average molecular weight is 517 g/mol. The van der Waals surface area contributed by atoms with Crippen LogP contribution >= 0.6 is 24.4 Å². The summed E-state index contributed by atoms with van der Waals surface area (Å²) in [6, 6.07) is 9.31. The molecule has 0 saturated heterocycles. The van der Waals surface area contributed by atoms with Crippen molar-refractivity contribution in [3.8, 4) is 17.4 Å². The quantitative estimate of drug-likeness (QED) is 0.334. The van der Waals surface area contributed by atoms with Crippen molar-refractivity contribution in [3.05, 3.63) is 42.2 Å². The van der Waals surface area contributed by atoms with E-state index in [4.69, 9.17) is 18.9 Å². The molecule has 0 saturated carbocycles. The van der Waals surface area contributed by atoms with Gasteiger partial charge in [-0.1, -0.05) is 11.8 Å². The monoisotopic (exact) mass is 516 g/mol. The van der Waals surface area contributed by atoms with E-state index in [1.165, 1.54) is 0 Å². The molecule has 0 spiro atoms. The van der Waals surface area contributed by atoms with Crippen molar-refractivity contribution in [1.29, 1.82) is 0 Å². The number of nitrogens with one attached hydrogen (secondary N) is 2. The molecular weight excluding hydrogens is 488 g/mol. The lowest BCUT2D eigenvalue weighted by Gasteiger charge is -2.19. The molecule has 0 aliphatic carbocycles. The number of carbonyl (C=O) groups excluding carboxylic acids is 1. The lowest BCUT2D eigenvalue weighted by atomic mass is 10.2. The first kappa shape index (κ1) is 25.4. The smallest absolute Gasteiger partial charge is 0.220 e. The molecule has 186 valence electrons. The second-order valence-electron chi connectivity index (χ2n) is 7.94. The number of nitrogens with zero attached hydrogens (tertiary/aromatic N) is 2. The van der Waals surface area contributed by atoms with Crippen molar-refractivity contribution in [2.75, 3.05) is 41.0 Å². The number of benzene rings is 1. The van der Waals surface area contributed by atoms with Gasteiger partial charge in [0.15, 0.2) is 0 Å². The van der Waals surface area contributed by atoms with Crippen molar-refractivity contribution in [2.24, 2.45) is 4.99 Å². The van der Waals surface area contributed by atoms with E-state index in [1.54, 1.807) is 45.3 Å². The Morgan fingerprint density at radius 2 is 2.06 bits per heavy atom. The van der Waals surface area contributed by atoms with Crippen LogP contribution in [0.1, 0.15) is 12.1 Å². The number of ether oxygens (including phenoxy) is 4. The number of aromatic amines is 1. The highest BCUT2D eigenvalue weighted by atomic mass is 32.2. The molecule has 2 aromatic heterocycles. The zero-order valence-corrected chi connectivity index (χ0v) is 21.4. The number of thiol groups is 1. The average Bonchev–Trinajstić information content (AvgIpc) is 3.48. The second-order valence-corrected chi connectivity index (χ2v) is 9.74. The molecule has 1 aliphatic heterocycles. The van der Waals surface area contributed by atoms with Gasteiger partial charge in [0.1, 0.15) is 22.6 Å². The topological polar surface area (TPSA) is 107 Å². The van der Waals surface area contributed by atoms with E-state index in [1.807, 2.05) is 24.3 Å². The van der Waals surface area contributed by atoms with Gasteiger partial charge in [-0.2, -0.15) is 0 Å². The zero-order valence-electron chi connectivity index (χ0n) is 19.7. The first-order chi connectivity index (χ1) is 17.0. The molecule has 1 aliphatic rings. The summed E-state index contributed by atoms with van der Waals surface area (Å²) in [6.07, 6.45) is 1.74. The highest BCUT2D eigenvalue weighted by molar-refractivity contribution is 8.15. The molecule has 2 N–H and O–H groups in total. The number of pyridine rings is 1. The van der Waals surface area contributed by atoms with E-state index in [0.717, 1.165) is 26.5 Å². The summed E-state index contributed by atoms with van der Waals surface area (Å²) in [5, 5.41) is 4.54. The van der Waals surface area contributed by atoms with Crippen molar-refractivity contribution in [1.82, 2.24) is 15.3 Å². The van der Waals surface area contributed by atoms with Gasteiger partial charge in [0, 0.05) is 61.5 Å². The van der Waals surface area contributed by atoms with Gasteiger partial charge < -0.3 is 29.2 Å². The second kappa shape index (κ2) is 11.8. The summed E-state index contributed by atoms with van der Waals surface area (Å²) >= 11 is 5.87. The molecule has 3 aromatic rings. The van der Waals surface area contributed by atoms with Crippen LogP contribution in [0.25, 0.3) is 10.9 Å². The highest BCUT2D eigenvalue weighted by Gasteiger charge is 2.25. The predicted molar refractivity (Wildman–Crippen MR) is 139 cm³/mol. The Morgan fingerprint density at radius 1 is 1.26 bits per heavy atom. The molecule has 0 bridgehead atoms. The van der Waals surface area contributed by atoms with E-state index in [0.29, 0.717) is 43.6 Å². The molecule has 11 heteroatoms. The molecule has 3 heterocycles. The van der Waals surface area contributed by atoms with Gasteiger partial charge in [0.05, 0.1) is 31.0 Å². The van der Waals surface area contributed by atoms with Crippen molar-refractivity contribution in [2.45, 2.75) is 22.7 Å². The van der Waals surface area contributed by atoms with E-state index >= 15 is 0 Å². The van der Waals surface area contributed by atoms with E-state index in [2.05, 4.69) is 32.9 Å². The lowest BCUT2D eigenvalue weighted by Crippen LogP contribution is -2.27. The van der Waals surface area contributed by atoms with E-state index < -0.39 is 0 Å². The minimum absolute atomic E-state index is 0.00922. The minimum atomic E-state index is -0.313. The van der Waals surface area contributed by atoms with Gasteiger partial charge in [0.2, 0.25) is 11.8 Å². The van der Waals surface area contributed by atoms with Gasteiger partial charge in [-0.25, -0.2) is 4.98 Å². The van der Waals surface area contributed by atoms with Crippen molar-refractivity contribution < 1.29 is 23.7 Å². The normalized spacial score (nSPS) is 15.5. The Balaban J connectivity index is 1.65. The van der Waals surface area contributed by atoms with Crippen molar-refractivity contribution in [3.63, 3.8) is 0 Å². The first-order valence-electron chi connectivity index (χ1n) is 11.0. The molecule has 1 atom stereocenters. The summed E-state index contributed by atoms with van der Waals surface area (Å²) in [7, 11) is 4.88. The fourth-order valence-electron chi connectivity index (χ4n) is 3.65. The lowest BCUT2D eigenvalue weighted by molar-refractivity contribution is -0.120. The maximum atomic E-state index is 11.8. The summed E-state index contributed by atoms with van der Waals surface area (Å²) in [6.45, 7) is 1.32. The number of H-pyrrole nitrogens is 1. The van der Waals surface area contributed by atoms with Crippen LogP contribution in [0.15, 0.2) is 46.4 Å². The number of carbonyl (C=O) groups is 1. The zero-order chi connectivity index (χ0) is 24.8. The first-order valence-corrected chi connectivity index (χ1v) is 12.4. The number of rotatable bonds is 11. The maximum Gasteiger partial charge on any atom is 0.220 e. The third-order valence-electron chi connectivity index (χ3n) is 5.25. The number of thioether (sulfide) groups is 1. The summed E-state index contributed by atoms with van der Waals surface area (Å²) < 4.78 is 22.9. The van der Waals surface area contributed by atoms with Gasteiger partial charge in [-0.05, 0) is 18.2 Å². The number of hydrogen-bond acceptors (Lipinski definition) is 9. The van der Waals surface area contributed by atoms with Crippen LogP contribution in [-0.4, -0.2) is 73.3 Å². The Labute approximate surface area is 213 Å². The van der Waals surface area contributed by atoms with Gasteiger partial charge in [-0.15, -0.1) is 12.6 Å². The van der Waals surface area contributed by atoms with E-state index in [9.17, 15) is 4.79 Å². The van der Waals surface area contributed by atoms with Crippen LogP contribution < -0.4 is 14.8 Å². The number of aliphatic imine (C=N–C) groups is 1. The van der Waals surface area contributed by atoms with Crippen LogP contribution in [-0.2, 0) is 14.3 Å². The molecular formula is C24H28N4O5S2. The molecule has 0 radical (unpaired) electrons. The van der Waals surface area contributed by atoms with E-state index in [-0.39, 0.29) is 17.3 Å². The Kier molecular flexibility index (Phi) is 8.55. The number of fused-ring (bicyclic) bond motifs is 1. The van der Waals surface area contributed by atoms with Gasteiger partial charge in [-0.3, -0.25) is 9.79 Å². The van der Waals surface area contributed by atoms with Gasteiger partial charge >= 0.3 is 0 Å². The number of aromatic nitrogens is 2. The van der Waals surface area contributed by atoms with Crippen LogP contribution in [0.4, 0.5) is 0 Å².